The van der Waals surface area contributed by atoms with E-state index in [0.717, 1.165) is 28.8 Å². The number of aromatic nitrogens is 2. The maximum atomic E-state index is 9.40. The number of nitrogens with two attached hydrogens (primary N) is 1. The van der Waals surface area contributed by atoms with Crippen LogP contribution in [0, 0.1) is 11.3 Å². The van der Waals surface area contributed by atoms with E-state index in [9.17, 15) is 5.26 Å². The molecule has 0 aliphatic rings. The molecule has 4 nitrogen and oxygen atoms in total. The lowest BCUT2D eigenvalue weighted by Crippen LogP contribution is -2.00. The molecule has 0 aliphatic heterocycles. The highest BCUT2D eigenvalue weighted by Crippen LogP contribution is 2.30. The van der Waals surface area contributed by atoms with Crippen LogP contribution in [0.1, 0.15) is 18.1 Å². The molecule has 3 aromatic rings. The number of nitrogens with zero attached hydrogens (tertiary/aromatic N) is 3. The number of nitriles is 1. The summed E-state index contributed by atoms with van der Waals surface area (Å²) in [6, 6.07) is 16.0. The predicted molar refractivity (Wildman–Crippen MR) is 91.4 cm³/mol. The molecule has 112 valence electrons. The molecule has 0 bridgehead atoms. The number of hydrogen-bond donors (Lipinski definition) is 1. The van der Waals surface area contributed by atoms with E-state index >= 15 is 0 Å². The minimum absolute atomic E-state index is 0.239. The van der Waals surface area contributed by atoms with E-state index in [1.54, 1.807) is 12.4 Å². The van der Waals surface area contributed by atoms with Crippen molar-refractivity contribution in [3.63, 3.8) is 0 Å². The van der Waals surface area contributed by atoms with E-state index in [1.807, 2.05) is 30.3 Å². The average Bonchev–Trinajstić information content (AvgIpc) is 2.62. The van der Waals surface area contributed by atoms with Gasteiger partial charge in [-0.15, -0.1) is 0 Å². The van der Waals surface area contributed by atoms with Crippen molar-refractivity contribution in [2.24, 2.45) is 0 Å². The van der Waals surface area contributed by atoms with Crippen molar-refractivity contribution in [1.82, 2.24) is 9.97 Å². The molecule has 0 aliphatic carbocycles. The molecule has 4 heteroatoms. The van der Waals surface area contributed by atoms with E-state index in [-0.39, 0.29) is 5.82 Å². The van der Waals surface area contributed by atoms with E-state index in [1.165, 1.54) is 5.56 Å². The third-order valence-electron chi connectivity index (χ3n) is 3.79. The molecule has 2 heterocycles. The molecule has 0 fully saturated rings. The molecule has 23 heavy (non-hydrogen) atoms. The van der Waals surface area contributed by atoms with Gasteiger partial charge in [-0.05, 0) is 24.1 Å². The van der Waals surface area contributed by atoms with Crippen molar-refractivity contribution in [1.29, 1.82) is 5.26 Å². The molecule has 0 radical (unpaired) electrons. The summed E-state index contributed by atoms with van der Waals surface area (Å²) in [6.45, 7) is 2.12. The Morgan fingerprint density at radius 2 is 1.91 bits per heavy atom. The van der Waals surface area contributed by atoms with Crippen LogP contribution in [0.5, 0.6) is 0 Å². The Morgan fingerprint density at radius 3 is 2.52 bits per heavy atom. The van der Waals surface area contributed by atoms with Crippen LogP contribution in [0.15, 0.2) is 54.9 Å². The summed E-state index contributed by atoms with van der Waals surface area (Å²) in [5, 5.41) is 9.40. The minimum atomic E-state index is 0.239. The molecule has 1 aromatic carbocycles. The molecule has 3 rings (SSSR count). The Morgan fingerprint density at radius 1 is 1.13 bits per heavy atom. The Balaban J connectivity index is 2.16. The fourth-order valence-corrected chi connectivity index (χ4v) is 2.49. The standard InChI is InChI=1S/C19H16N4/c1-2-13-5-7-14(8-6-13)18-10-16(15-4-3-9-22-12-15)17(11-20)19(21)23-18/h3-10,12H,2H2,1H3,(H2,21,23). The molecule has 2 N–H and O–H groups in total. The maximum absolute atomic E-state index is 9.40. The van der Waals surface area contributed by atoms with Gasteiger partial charge in [-0.25, -0.2) is 4.98 Å². The van der Waals surface area contributed by atoms with E-state index in [4.69, 9.17) is 5.73 Å². The Hall–Kier alpha value is -3.19. The van der Waals surface area contributed by atoms with Crippen LogP contribution in [0.2, 0.25) is 0 Å². The molecule has 0 amide bonds. The van der Waals surface area contributed by atoms with Crippen LogP contribution in [-0.2, 0) is 6.42 Å². The number of aryl methyl sites for hydroxylation is 1. The van der Waals surface area contributed by atoms with Crippen LogP contribution in [-0.4, -0.2) is 9.97 Å². The van der Waals surface area contributed by atoms with Gasteiger partial charge in [0.2, 0.25) is 0 Å². The quantitative estimate of drug-likeness (QED) is 0.797. The molecule has 0 spiro atoms. The second kappa shape index (κ2) is 6.29. The highest BCUT2D eigenvalue weighted by molar-refractivity contribution is 5.79. The van der Waals surface area contributed by atoms with Gasteiger partial charge >= 0.3 is 0 Å². The largest absolute Gasteiger partial charge is 0.383 e. The van der Waals surface area contributed by atoms with Gasteiger partial charge in [0.1, 0.15) is 17.5 Å². The summed E-state index contributed by atoms with van der Waals surface area (Å²) < 4.78 is 0. The normalized spacial score (nSPS) is 10.3. The van der Waals surface area contributed by atoms with Gasteiger partial charge < -0.3 is 5.73 Å². The zero-order chi connectivity index (χ0) is 16.2. The van der Waals surface area contributed by atoms with Crippen LogP contribution in [0.4, 0.5) is 5.82 Å². The highest BCUT2D eigenvalue weighted by atomic mass is 14.8. The van der Waals surface area contributed by atoms with E-state index in [2.05, 4.69) is 35.1 Å². The van der Waals surface area contributed by atoms with Crippen molar-refractivity contribution in [3.05, 3.63) is 66.0 Å². The zero-order valence-corrected chi connectivity index (χ0v) is 12.8. The van der Waals surface area contributed by atoms with Crippen molar-refractivity contribution < 1.29 is 0 Å². The maximum Gasteiger partial charge on any atom is 0.142 e. The van der Waals surface area contributed by atoms with Gasteiger partial charge in [-0.3, -0.25) is 4.98 Å². The number of pyridine rings is 2. The van der Waals surface area contributed by atoms with Gasteiger partial charge in [0.15, 0.2) is 0 Å². The van der Waals surface area contributed by atoms with Crippen LogP contribution < -0.4 is 5.73 Å². The third-order valence-corrected chi connectivity index (χ3v) is 3.79. The number of nitrogen functional groups attached to an aromatic ring is 1. The number of hydrogen-bond acceptors (Lipinski definition) is 4. The predicted octanol–water partition coefficient (Wildman–Crippen LogP) is 3.83. The average molecular weight is 300 g/mol. The Kier molecular flexibility index (Phi) is 4.03. The number of anilines is 1. The molecule has 0 unspecified atom stereocenters. The molecule has 0 saturated heterocycles. The Bertz CT molecular complexity index is 862. The third kappa shape index (κ3) is 2.90. The molecular weight excluding hydrogens is 284 g/mol. The lowest BCUT2D eigenvalue weighted by molar-refractivity contribution is 1.14. The molecular formula is C19H16N4. The fraction of sp³-hybridized carbons (Fsp3) is 0.105. The first-order chi connectivity index (χ1) is 11.2. The number of rotatable bonds is 3. The summed E-state index contributed by atoms with van der Waals surface area (Å²) in [6.07, 6.45) is 4.41. The second-order valence-electron chi connectivity index (χ2n) is 5.22. The molecule has 0 atom stereocenters. The summed E-state index contributed by atoms with van der Waals surface area (Å²) in [4.78, 5) is 8.51. The van der Waals surface area contributed by atoms with Gasteiger partial charge in [-0.1, -0.05) is 37.3 Å². The van der Waals surface area contributed by atoms with Crippen molar-refractivity contribution in [2.75, 3.05) is 5.73 Å². The summed E-state index contributed by atoms with van der Waals surface area (Å²) >= 11 is 0. The molecule has 2 aromatic heterocycles. The summed E-state index contributed by atoms with van der Waals surface area (Å²) in [5.41, 5.74) is 11.0. The topological polar surface area (TPSA) is 75.6 Å². The minimum Gasteiger partial charge on any atom is -0.383 e. The Labute approximate surface area is 135 Å². The SMILES string of the molecule is CCc1ccc(-c2cc(-c3cccnc3)c(C#N)c(N)n2)cc1. The summed E-state index contributed by atoms with van der Waals surface area (Å²) in [5.74, 6) is 0.239. The first-order valence-electron chi connectivity index (χ1n) is 7.43. The van der Waals surface area contributed by atoms with Crippen molar-refractivity contribution in [2.45, 2.75) is 13.3 Å². The van der Waals surface area contributed by atoms with E-state index in [0.29, 0.717) is 5.56 Å². The summed E-state index contributed by atoms with van der Waals surface area (Å²) in [7, 11) is 0. The van der Waals surface area contributed by atoms with Crippen LogP contribution in [0.25, 0.3) is 22.4 Å². The number of benzene rings is 1. The first kappa shape index (κ1) is 14.7. The van der Waals surface area contributed by atoms with Crippen molar-refractivity contribution >= 4 is 5.82 Å². The van der Waals surface area contributed by atoms with Gasteiger partial charge in [0, 0.05) is 29.1 Å². The van der Waals surface area contributed by atoms with Crippen molar-refractivity contribution in [3.8, 4) is 28.5 Å². The van der Waals surface area contributed by atoms with Gasteiger partial charge in [-0.2, -0.15) is 5.26 Å². The van der Waals surface area contributed by atoms with Gasteiger partial charge in [0.25, 0.3) is 0 Å². The van der Waals surface area contributed by atoms with Gasteiger partial charge in [0.05, 0.1) is 5.69 Å². The highest BCUT2D eigenvalue weighted by Gasteiger charge is 2.13. The zero-order valence-electron chi connectivity index (χ0n) is 12.8. The first-order valence-corrected chi connectivity index (χ1v) is 7.43. The van der Waals surface area contributed by atoms with Crippen LogP contribution in [0.3, 0.4) is 0 Å². The smallest absolute Gasteiger partial charge is 0.142 e. The molecule has 0 saturated carbocycles. The van der Waals surface area contributed by atoms with Crippen LogP contribution >= 0.6 is 0 Å². The second-order valence-corrected chi connectivity index (χ2v) is 5.22. The fourth-order valence-electron chi connectivity index (χ4n) is 2.49. The lowest BCUT2D eigenvalue weighted by atomic mass is 9.99. The lowest BCUT2D eigenvalue weighted by Gasteiger charge is -2.10. The monoisotopic (exact) mass is 300 g/mol. The van der Waals surface area contributed by atoms with E-state index < -0.39 is 0 Å².